The van der Waals surface area contributed by atoms with E-state index in [-0.39, 0.29) is 17.1 Å². The molecule has 0 aliphatic heterocycles. The lowest BCUT2D eigenvalue weighted by atomic mass is 10.2. The van der Waals surface area contributed by atoms with Crippen LogP contribution in [0.4, 0.5) is 22.7 Å². The minimum Gasteiger partial charge on any atom is -0.399 e. The average Bonchev–Trinajstić information content (AvgIpc) is 2.58. The molecule has 0 fully saturated rings. The topological polar surface area (TPSA) is 229 Å². The molecule has 16 heteroatoms. The molecule has 30 heavy (non-hydrogen) atoms. The van der Waals surface area contributed by atoms with Crippen molar-refractivity contribution in [1.29, 1.82) is 0 Å². The molecule has 0 saturated heterocycles. The fraction of sp³-hybridized carbons (Fsp3) is 0.143. The SMILES string of the molecule is Nc1ccc(N=Nc2ccc(S(=O)(=O)CCOS(=O)(=O)O)cc2S(=O)(=O)O)c(N)c1. The zero-order valence-corrected chi connectivity index (χ0v) is 17.4. The number of azo groups is 1. The molecule has 0 bridgehead atoms. The molecule has 164 valence electrons. The van der Waals surface area contributed by atoms with Gasteiger partial charge in [0.05, 0.1) is 22.9 Å². The average molecular weight is 481 g/mol. The van der Waals surface area contributed by atoms with Crippen molar-refractivity contribution in [2.24, 2.45) is 10.2 Å². The zero-order valence-electron chi connectivity index (χ0n) is 14.9. The highest BCUT2D eigenvalue weighted by Crippen LogP contribution is 2.31. The van der Waals surface area contributed by atoms with Gasteiger partial charge >= 0.3 is 10.4 Å². The first-order chi connectivity index (χ1) is 13.7. The van der Waals surface area contributed by atoms with Crippen molar-refractivity contribution < 1.29 is 38.5 Å². The number of rotatable bonds is 8. The molecule has 0 saturated carbocycles. The molecule has 0 aliphatic rings. The van der Waals surface area contributed by atoms with Gasteiger partial charge < -0.3 is 11.5 Å². The first kappa shape index (κ1) is 23.6. The summed E-state index contributed by atoms with van der Waals surface area (Å²) in [5.41, 5.74) is 11.5. The third-order valence-corrected chi connectivity index (χ3v) is 6.49. The molecule has 2 aromatic carbocycles. The van der Waals surface area contributed by atoms with Gasteiger partial charge in [0.2, 0.25) is 0 Å². The van der Waals surface area contributed by atoms with Crippen LogP contribution in [0.1, 0.15) is 0 Å². The minimum absolute atomic E-state index is 0.143. The number of nitrogens with two attached hydrogens (primary N) is 2. The molecule has 0 heterocycles. The number of nitrogen functional groups attached to an aromatic ring is 2. The second-order valence-electron chi connectivity index (χ2n) is 5.69. The van der Waals surface area contributed by atoms with Crippen LogP contribution in [0.25, 0.3) is 0 Å². The van der Waals surface area contributed by atoms with E-state index in [9.17, 15) is 29.8 Å². The van der Waals surface area contributed by atoms with Crippen LogP contribution in [0.3, 0.4) is 0 Å². The smallest absolute Gasteiger partial charge is 0.397 e. The first-order valence-corrected chi connectivity index (χ1v) is 12.2. The molecule has 13 nitrogen and oxygen atoms in total. The van der Waals surface area contributed by atoms with E-state index in [4.69, 9.17) is 16.0 Å². The van der Waals surface area contributed by atoms with Gasteiger partial charge in [-0.15, -0.1) is 10.2 Å². The standard InChI is InChI=1S/C14H16N4O9S3/c15-9-1-3-12(11(16)7-9)17-18-13-4-2-10(8-14(13)29(21,22)23)28(19,20)6-5-27-30(24,25)26/h1-4,7-8H,5-6,15-16H2,(H,21,22,23)(H,24,25,26). The maximum Gasteiger partial charge on any atom is 0.397 e. The summed E-state index contributed by atoms with van der Waals surface area (Å²) in [7, 11) is -14.0. The highest BCUT2D eigenvalue weighted by molar-refractivity contribution is 7.91. The van der Waals surface area contributed by atoms with E-state index >= 15 is 0 Å². The quantitative estimate of drug-likeness (QED) is 0.237. The maximum absolute atomic E-state index is 12.2. The Labute approximate surface area is 172 Å². The largest absolute Gasteiger partial charge is 0.399 e. The predicted octanol–water partition coefficient (Wildman–Crippen LogP) is 1.11. The molecule has 0 unspecified atom stereocenters. The molecule has 0 radical (unpaired) electrons. The fourth-order valence-corrected chi connectivity index (χ4v) is 4.35. The van der Waals surface area contributed by atoms with Crippen molar-refractivity contribution in [3.63, 3.8) is 0 Å². The lowest BCUT2D eigenvalue weighted by molar-refractivity contribution is 0.284. The Morgan fingerprint density at radius 2 is 1.47 bits per heavy atom. The molecular formula is C14H16N4O9S3. The third kappa shape index (κ3) is 6.44. The molecule has 2 aromatic rings. The van der Waals surface area contributed by atoms with E-state index in [0.717, 1.165) is 12.1 Å². The van der Waals surface area contributed by atoms with Gasteiger partial charge in [0.1, 0.15) is 16.3 Å². The second kappa shape index (κ2) is 8.62. The summed E-state index contributed by atoms with van der Waals surface area (Å²) in [6.45, 7) is -0.916. The normalized spacial score (nSPS) is 13.0. The molecule has 0 atom stereocenters. The highest BCUT2D eigenvalue weighted by atomic mass is 32.3. The number of benzene rings is 2. The van der Waals surface area contributed by atoms with Gasteiger partial charge in [0.25, 0.3) is 10.1 Å². The lowest BCUT2D eigenvalue weighted by Crippen LogP contribution is -2.16. The highest BCUT2D eigenvalue weighted by Gasteiger charge is 2.23. The summed E-state index contributed by atoms with van der Waals surface area (Å²) in [6, 6.07) is 6.84. The van der Waals surface area contributed by atoms with Crippen molar-refractivity contribution in [2.45, 2.75) is 9.79 Å². The molecular weight excluding hydrogens is 464 g/mol. The predicted molar refractivity (Wildman–Crippen MR) is 105 cm³/mol. The molecule has 0 aliphatic carbocycles. The zero-order chi connectivity index (χ0) is 22.7. The summed E-state index contributed by atoms with van der Waals surface area (Å²) in [5, 5.41) is 7.45. The van der Waals surface area contributed by atoms with E-state index in [1.807, 2.05) is 0 Å². The number of sulfone groups is 1. The van der Waals surface area contributed by atoms with Gasteiger partial charge in [-0.25, -0.2) is 12.6 Å². The van der Waals surface area contributed by atoms with Crippen LogP contribution in [0.2, 0.25) is 0 Å². The maximum atomic E-state index is 12.2. The molecule has 0 amide bonds. The van der Waals surface area contributed by atoms with Crippen LogP contribution in [0.15, 0.2) is 56.4 Å². The lowest BCUT2D eigenvalue weighted by Gasteiger charge is -2.08. The van der Waals surface area contributed by atoms with Gasteiger partial charge in [-0.1, -0.05) is 0 Å². The Balaban J connectivity index is 2.41. The first-order valence-electron chi connectivity index (χ1n) is 7.72. The molecule has 0 spiro atoms. The number of nitrogens with zero attached hydrogens (tertiary/aromatic N) is 2. The third-order valence-electron chi connectivity index (χ3n) is 3.47. The van der Waals surface area contributed by atoms with E-state index in [2.05, 4.69) is 14.4 Å². The van der Waals surface area contributed by atoms with Gasteiger partial charge in [0.15, 0.2) is 9.84 Å². The Kier molecular flexibility index (Phi) is 6.80. The minimum atomic E-state index is -4.92. The van der Waals surface area contributed by atoms with Crippen molar-refractivity contribution in [1.82, 2.24) is 0 Å². The van der Waals surface area contributed by atoms with Crippen LogP contribution in [0, 0.1) is 0 Å². The van der Waals surface area contributed by atoms with E-state index in [1.165, 1.54) is 18.2 Å². The van der Waals surface area contributed by atoms with Gasteiger partial charge in [-0.05, 0) is 36.4 Å². The summed E-state index contributed by atoms with van der Waals surface area (Å²) >= 11 is 0. The Morgan fingerprint density at radius 3 is 2.03 bits per heavy atom. The van der Waals surface area contributed by atoms with Gasteiger partial charge in [0, 0.05) is 5.69 Å². The number of hydrogen-bond donors (Lipinski definition) is 4. The Bertz CT molecular complexity index is 1300. The molecule has 6 N–H and O–H groups in total. The van der Waals surface area contributed by atoms with Crippen LogP contribution >= 0.6 is 0 Å². The van der Waals surface area contributed by atoms with Crippen LogP contribution in [0.5, 0.6) is 0 Å². The van der Waals surface area contributed by atoms with Crippen molar-refractivity contribution in [3.8, 4) is 0 Å². The fourth-order valence-electron chi connectivity index (χ4n) is 2.12. The van der Waals surface area contributed by atoms with E-state index in [0.29, 0.717) is 11.8 Å². The van der Waals surface area contributed by atoms with Crippen LogP contribution in [-0.4, -0.2) is 46.7 Å². The Hall–Kier alpha value is -2.63. The van der Waals surface area contributed by atoms with Crippen LogP contribution < -0.4 is 11.5 Å². The van der Waals surface area contributed by atoms with Crippen molar-refractivity contribution in [3.05, 3.63) is 36.4 Å². The van der Waals surface area contributed by atoms with Crippen molar-refractivity contribution >= 4 is 53.1 Å². The van der Waals surface area contributed by atoms with Gasteiger partial charge in [-0.2, -0.15) is 16.8 Å². The van der Waals surface area contributed by atoms with E-state index < -0.39 is 52.5 Å². The summed E-state index contributed by atoms with van der Waals surface area (Å²) in [6.07, 6.45) is 0. The summed E-state index contributed by atoms with van der Waals surface area (Å²) < 4.78 is 90.7. The van der Waals surface area contributed by atoms with Crippen molar-refractivity contribution in [2.75, 3.05) is 23.8 Å². The Morgan fingerprint density at radius 1 is 0.867 bits per heavy atom. The second-order valence-corrected chi connectivity index (χ2v) is 10.3. The monoisotopic (exact) mass is 480 g/mol. The van der Waals surface area contributed by atoms with E-state index in [1.54, 1.807) is 0 Å². The van der Waals surface area contributed by atoms with Gasteiger partial charge in [-0.3, -0.25) is 9.11 Å². The molecule has 2 rings (SSSR count). The summed E-state index contributed by atoms with van der Waals surface area (Å²) in [4.78, 5) is -1.43. The molecule has 0 aromatic heterocycles. The summed E-state index contributed by atoms with van der Waals surface area (Å²) in [5.74, 6) is -0.902. The number of hydrogen-bond acceptors (Lipinski definition) is 11. The van der Waals surface area contributed by atoms with Crippen LogP contribution in [-0.2, 0) is 34.5 Å². The number of anilines is 2.